The monoisotopic (exact) mass is 408 g/mol. The van der Waals surface area contributed by atoms with Crippen LogP contribution in [-0.2, 0) is 4.79 Å². The number of halogens is 2. The lowest BCUT2D eigenvalue weighted by atomic mass is 10.3. The number of alkyl halides is 2. The fourth-order valence-electron chi connectivity index (χ4n) is 1.41. The summed E-state index contributed by atoms with van der Waals surface area (Å²) in [5, 5.41) is 2.08. The molecular formula is C15H22Br2O3. The summed E-state index contributed by atoms with van der Waals surface area (Å²) in [6.07, 6.45) is 4.45. The van der Waals surface area contributed by atoms with Gasteiger partial charge >= 0.3 is 0 Å². The highest BCUT2D eigenvalue weighted by molar-refractivity contribution is 9.09. The van der Waals surface area contributed by atoms with Crippen molar-refractivity contribution in [2.75, 3.05) is 23.9 Å². The number of carbonyl (C=O) groups is 1. The Morgan fingerprint density at radius 1 is 0.750 bits per heavy atom. The first-order valence-electron chi connectivity index (χ1n) is 6.63. The molecule has 0 aliphatic heterocycles. The van der Waals surface area contributed by atoms with Crippen LogP contribution in [-0.4, -0.2) is 30.7 Å². The predicted molar refractivity (Wildman–Crippen MR) is 90.6 cm³/mol. The Morgan fingerprint density at radius 2 is 1.10 bits per heavy atom. The van der Waals surface area contributed by atoms with Gasteiger partial charge in [-0.15, -0.1) is 0 Å². The lowest BCUT2D eigenvalue weighted by Gasteiger charge is -2.08. The highest BCUT2D eigenvalue weighted by Gasteiger charge is 1.96. The van der Waals surface area contributed by atoms with Crippen molar-refractivity contribution in [3.05, 3.63) is 24.3 Å². The molecule has 0 saturated heterocycles. The van der Waals surface area contributed by atoms with Gasteiger partial charge in [-0.2, -0.15) is 0 Å². The zero-order chi connectivity index (χ0) is 15.1. The molecule has 1 aromatic carbocycles. The van der Waals surface area contributed by atoms with E-state index < -0.39 is 0 Å². The predicted octanol–water partition coefficient (Wildman–Crippen LogP) is 4.61. The molecule has 0 unspecified atom stereocenters. The van der Waals surface area contributed by atoms with E-state index in [1.165, 1.54) is 0 Å². The summed E-state index contributed by atoms with van der Waals surface area (Å²) in [4.78, 5) is 8.00. The maximum atomic E-state index is 8.00. The number of unbranched alkanes of at least 4 members (excludes halogenated alkanes) is 2. The van der Waals surface area contributed by atoms with E-state index in [1.807, 2.05) is 31.1 Å². The van der Waals surface area contributed by atoms with Gasteiger partial charge < -0.3 is 14.3 Å². The number of hydrogen-bond donors (Lipinski definition) is 0. The Balaban J connectivity index is 0.00000172. The Hall–Kier alpha value is -0.550. The largest absolute Gasteiger partial charge is 0.494 e. The summed E-state index contributed by atoms with van der Waals surface area (Å²) in [5.41, 5.74) is 0. The molecule has 0 N–H and O–H groups in total. The molecule has 0 amide bonds. The molecule has 0 saturated carbocycles. The van der Waals surface area contributed by atoms with E-state index in [1.54, 1.807) is 0 Å². The van der Waals surface area contributed by atoms with Crippen molar-refractivity contribution in [1.82, 2.24) is 0 Å². The number of hydrogen-bond acceptors (Lipinski definition) is 3. The maximum absolute atomic E-state index is 8.00. The molecule has 0 aliphatic rings. The normalized spacial score (nSPS) is 9.50. The minimum atomic E-state index is 0.775. The molecule has 0 radical (unpaired) electrons. The standard InChI is InChI=1S/C14H20Br2O2.CH2O/c15-9-1-3-11-17-13-5-7-14(8-6-13)18-12-4-2-10-16;1-2/h5-8H,1-4,9-12H2;1H2. The molecule has 0 bridgehead atoms. The number of rotatable bonds is 10. The first-order valence-corrected chi connectivity index (χ1v) is 8.87. The van der Waals surface area contributed by atoms with Crippen molar-refractivity contribution in [1.29, 1.82) is 0 Å². The molecule has 1 rings (SSSR count). The first kappa shape index (κ1) is 19.4. The number of benzene rings is 1. The summed E-state index contributed by atoms with van der Waals surface area (Å²) < 4.78 is 11.2. The Bertz CT molecular complexity index is 286. The molecule has 0 fully saturated rings. The minimum absolute atomic E-state index is 0.775. The lowest BCUT2D eigenvalue weighted by molar-refractivity contribution is -0.0979. The molecule has 0 aliphatic carbocycles. The van der Waals surface area contributed by atoms with Crippen molar-refractivity contribution in [3.8, 4) is 11.5 Å². The number of carbonyl (C=O) groups excluding carboxylic acids is 1. The van der Waals surface area contributed by atoms with Gasteiger partial charge in [-0.25, -0.2) is 0 Å². The van der Waals surface area contributed by atoms with Crippen LogP contribution in [0.3, 0.4) is 0 Å². The second-order valence-electron chi connectivity index (χ2n) is 3.96. The topological polar surface area (TPSA) is 35.5 Å². The average Bonchev–Trinajstić information content (AvgIpc) is 2.51. The average molecular weight is 410 g/mol. The third kappa shape index (κ3) is 10.3. The van der Waals surface area contributed by atoms with Crippen molar-refractivity contribution in [2.24, 2.45) is 0 Å². The van der Waals surface area contributed by atoms with Crippen LogP contribution in [0.2, 0.25) is 0 Å². The van der Waals surface area contributed by atoms with Crippen LogP contribution in [0.4, 0.5) is 0 Å². The van der Waals surface area contributed by atoms with E-state index in [9.17, 15) is 0 Å². The quantitative estimate of drug-likeness (QED) is 0.418. The molecule has 3 nitrogen and oxygen atoms in total. The Kier molecular flexibility index (Phi) is 14.4. The zero-order valence-corrected chi connectivity index (χ0v) is 14.8. The van der Waals surface area contributed by atoms with Crippen LogP contribution >= 0.6 is 31.9 Å². The van der Waals surface area contributed by atoms with Crippen molar-refractivity contribution in [3.63, 3.8) is 0 Å². The smallest absolute Gasteiger partial charge is 0.119 e. The van der Waals surface area contributed by atoms with E-state index in [2.05, 4.69) is 31.9 Å². The molecule has 0 atom stereocenters. The van der Waals surface area contributed by atoms with Gasteiger partial charge in [-0.1, -0.05) is 31.9 Å². The van der Waals surface area contributed by atoms with Crippen molar-refractivity contribution >= 4 is 38.6 Å². The summed E-state index contributed by atoms with van der Waals surface area (Å²) >= 11 is 6.81. The van der Waals surface area contributed by atoms with Gasteiger partial charge in [0.2, 0.25) is 0 Å². The van der Waals surface area contributed by atoms with Crippen LogP contribution < -0.4 is 9.47 Å². The molecule has 0 heterocycles. The fourth-order valence-corrected chi connectivity index (χ4v) is 2.20. The van der Waals surface area contributed by atoms with E-state index in [0.29, 0.717) is 0 Å². The van der Waals surface area contributed by atoms with Gasteiger partial charge in [0.15, 0.2) is 0 Å². The molecule has 5 heteroatoms. The van der Waals surface area contributed by atoms with Crippen LogP contribution in [0, 0.1) is 0 Å². The zero-order valence-electron chi connectivity index (χ0n) is 11.7. The van der Waals surface area contributed by atoms with Crippen molar-refractivity contribution in [2.45, 2.75) is 25.7 Å². The lowest BCUT2D eigenvalue weighted by Crippen LogP contribution is -1.99. The van der Waals surface area contributed by atoms with Gasteiger partial charge in [0.1, 0.15) is 18.3 Å². The van der Waals surface area contributed by atoms with Crippen LogP contribution in [0.1, 0.15) is 25.7 Å². The fraction of sp³-hybridized carbons (Fsp3) is 0.533. The highest BCUT2D eigenvalue weighted by Crippen LogP contribution is 2.18. The molecule has 0 spiro atoms. The summed E-state index contributed by atoms with van der Waals surface area (Å²) in [6, 6.07) is 7.86. The second kappa shape index (κ2) is 14.9. The second-order valence-corrected chi connectivity index (χ2v) is 5.55. The molecule has 1 aromatic rings. The highest BCUT2D eigenvalue weighted by atomic mass is 79.9. The molecule has 114 valence electrons. The van der Waals surface area contributed by atoms with Crippen molar-refractivity contribution < 1.29 is 14.3 Å². The van der Waals surface area contributed by atoms with Gasteiger partial charge in [0.05, 0.1) is 13.2 Å². The third-order valence-electron chi connectivity index (χ3n) is 2.42. The SMILES string of the molecule is BrCCCCOc1ccc(OCCCCBr)cc1.C=O. The Morgan fingerprint density at radius 3 is 1.40 bits per heavy atom. The van der Waals surface area contributed by atoms with Gasteiger partial charge in [0.25, 0.3) is 0 Å². The van der Waals surface area contributed by atoms with Gasteiger partial charge in [-0.05, 0) is 49.9 Å². The van der Waals surface area contributed by atoms with Gasteiger partial charge in [0, 0.05) is 10.7 Å². The van der Waals surface area contributed by atoms with Crippen LogP contribution in [0.25, 0.3) is 0 Å². The van der Waals surface area contributed by atoms with Crippen LogP contribution in [0.5, 0.6) is 11.5 Å². The van der Waals surface area contributed by atoms with E-state index >= 15 is 0 Å². The summed E-state index contributed by atoms with van der Waals surface area (Å²) in [7, 11) is 0. The van der Waals surface area contributed by atoms with E-state index in [4.69, 9.17) is 14.3 Å². The maximum Gasteiger partial charge on any atom is 0.119 e. The molecular weight excluding hydrogens is 388 g/mol. The Labute approximate surface area is 138 Å². The van der Waals surface area contributed by atoms with Crippen LogP contribution in [0.15, 0.2) is 24.3 Å². The van der Waals surface area contributed by atoms with Gasteiger partial charge in [-0.3, -0.25) is 0 Å². The third-order valence-corrected chi connectivity index (χ3v) is 3.54. The number of ether oxygens (including phenoxy) is 2. The summed E-state index contributed by atoms with van der Waals surface area (Å²) in [6.45, 7) is 3.55. The van der Waals surface area contributed by atoms with E-state index in [-0.39, 0.29) is 0 Å². The molecule has 0 aromatic heterocycles. The first-order chi connectivity index (χ1) is 9.86. The summed E-state index contributed by atoms with van der Waals surface area (Å²) in [5.74, 6) is 1.83. The van der Waals surface area contributed by atoms with E-state index in [0.717, 1.165) is 61.1 Å². The molecule has 20 heavy (non-hydrogen) atoms. The minimum Gasteiger partial charge on any atom is -0.494 e.